The van der Waals surface area contributed by atoms with Gasteiger partial charge in [0.05, 0.1) is 0 Å². The molecule has 0 bridgehead atoms. The molecule has 0 aliphatic heterocycles. The van der Waals surface area contributed by atoms with Gasteiger partial charge in [-0.3, -0.25) is 4.79 Å². The smallest absolute Gasteiger partial charge is 0.244 e. The fourth-order valence-electron chi connectivity index (χ4n) is 5.70. The molecule has 214 valence electrons. The molecule has 0 radical (unpaired) electrons. The molecule has 1 heterocycles. The highest BCUT2D eigenvalue weighted by atomic mass is 16.1. The molecule has 2 rings (SSSR count). The molecule has 2 unspecified atom stereocenters. The van der Waals surface area contributed by atoms with Gasteiger partial charge in [-0.05, 0) is 65.3 Å². The molecule has 38 heavy (non-hydrogen) atoms. The Morgan fingerprint density at radius 2 is 1.42 bits per heavy atom. The number of primary amides is 1. The lowest BCUT2D eigenvalue weighted by Gasteiger charge is -2.26. The maximum absolute atomic E-state index is 11.9. The molecule has 0 aliphatic rings. The standard InChI is InChI=1S/C32H55N5O/c1-7-9-11-14-18-26(28-21-17-20-27(24(3)4)31(28)25(5)6)19-15-12-16-23-30-34-36-37(35-30)29(32(33)38)22-13-10-8-2/h17,20-21,24-26,29H,7-16,18-19,22-23H2,1-6H3,(H2,33,38). The zero-order chi connectivity index (χ0) is 27.9. The Hall–Kier alpha value is -2.24. The molecule has 2 atom stereocenters. The second-order valence-corrected chi connectivity index (χ2v) is 11.7. The van der Waals surface area contributed by atoms with Gasteiger partial charge in [-0.15, -0.1) is 10.2 Å². The molecule has 1 aromatic heterocycles. The second kappa shape index (κ2) is 17.4. The monoisotopic (exact) mass is 525 g/mol. The van der Waals surface area contributed by atoms with Gasteiger partial charge in [-0.2, -0.15) is 4.80 Å². The largest absolute Gasteiger partial charge is 0.368 e. The summed E-state index contributed by atoms with van der Waals surface area (Å²) in [5.41, 5.74) is 10.3. The van der Waals surface area contributed by atoms with E-state index in [-0.39, 0.29) is 5.91 Å². The number of aryl methyl sites for hydroxylation is 1. The number of benzene rings is 1. The topological polar surface area (TPSA) is 86.7 Å². The molecule has 6 nitrogen and oxygen atoms in total. The van der Waals surface area contributed by atoms with Crippen LogP contribution in [0, 0.1) is 0 Å². The predicted molar refractivity (Wildman–Crippen MR) is 158 cm³/mol. The number of amides is 1. The molecule has 1 aromatic carbocycles. The number of unbranched alkanes of at least 4 members (excludes halogenated alkanes) is 7. The number of nitrogens with zero attached hydrogens (tertiary/aromatic N) is 4. The van der Waals surface area contributed by atoms with E-state index in [4.69, 9.17) is 5.73 Å². The van der Waals surface area contributed by atoms with Crippen molar-refractivity contribution in [3.05, 3.63) is 40.7 Å². The molecular weight excluding hydrogens is 470 g/mol. The number of aromatic nitrogens is 4. The van der Waals surface area contributed by atoms with Crippen molar-refractivity contribution in [1.29, 1.82) is 0 Å². The van der Waals surface area contributed by atoms with E-state index in [1.165, 1.54) is 55.3 Å². The van der Waals surface area contributed by atoms with E-state index >= 15 is 0 Å². The lowest BCUT2D eigenvalue weighted by molar-refractivity contribution is -0.122. The summed E-state index contributed by atoms with van der Waals surface area (Å²) in [6.07, 6.45) is 15.7. The summed E-state index contributed by atoms with van der Waals surface area (Å²) in [5.74, 6) is 2.06. The normalized spacial score (nSPS) is 13.4. The van der Waals surface area contributed by atoms with Crippen molar-refractivity contribution in [3.8, 4) is 0 Å². The zero-order valence-electron chi connectivity index (χ0n) is 25.2. The van der Waals surface area contributed by atoms with Crippen LogP contribution in [0.3, 0.4) is 0 Å². The van der Waals surface area contributed by atoms with Gasteiger partial charge in [0.2, 0.25) is 5.91 Å². The Bertz CT molecular complexity index is 936. The first-order valence-corrected chi connectivity index (χ1v) is 15.5. The summed E-state index contributed by atoms with van der Waals surface area (Å²) < 4.78 is 0. The molecule has 0 saturated heterocycles. The van der Waals surface area contributed by atoms with Gasteiger partial charge in [-0.1, -0.05) is 118 Å². The third kappa shape index (κ3) is 10.1. The van der Waals surface area contributed by atoms with Crippen LogP contribution >= 0.6 is 0 Å². The van der Waals surface area contributed by atoms with Crippen LogP contribution in [0.2, 0.25) is 0 Å². The minimum absolute atomic E-state index is 0.377. The molecule has 2 N–H and O–H groups in total. The first-order chi connectivity index (χ1) is 18.3. The number of tetrazole rings is 1. The van der Waals surface area contributed by atoms with Gasteiger partial charge < -0.3 is 5.73 Å². The van der Waals surface area contributed by atoms with Crippen molar-refractivity contribution < 1.29 is 4.79 Å². The van der Waals surface area contributed by atoms with E-state index in [0.29, 0.717) is 24.2 Å². The molecule has 0 saturated carbocycles. The van der Waals surface area contributed by atoms with E-state index in [2.05, 4.69) is 75.2 Å². The van der Waals surface area contributed by atoms with Gasteiger partial charge in [0, 0.05) is 6.42 Å². The Balaban J connectivity index is 1.98. The first kappa shape index (κ1) is 32.0. The molecular formula is C32H55N5O. The predicted octanol–water partition coefficient (Wildman–Crippen LogP) is 8.38. The van der Waals surface area contributed by atoms with Crippen LogP contribution in [-0.2, 0) is 11.2 Å². The number of rotatable bonds is 20. The molecule has 0 aliphatic carbocycles. The van der Waals surface area contributed by atoms with Gasteiger partial charge in [-0.25, -0.2) is 0 Å². The van der Waals surface area contributed by atoms with Crippen molar-refractivity contribution >= 4 is 5.91 Å². The Morgan fingerprint density at radius 3 is 2.03 bits per heavy atom. The summed E-state index contributed by atoms with van der Waals surface area (Å²) in [4.78, 5) is 13.4. The average molecular weight is 526 g/mol. The van der Waals surface area contributed by atoms with E-state index < -0.39 is 6.04 Å². The molecule has 0 fully saturated rings. The molecule has 1 amide bonds. The minimum Gasteiger partial charge on any atom is -0.368 e. The highest BCUT2D eigenvalue weighted by molar-refractivity contribution is 5.77. The number of carbonyl (C=O) groups is 1. The Labute approximate surface area is 232 Å². The fraction of sp³-hybridized carbons (Fsp3) is 0.750. The summed E-state index contributed by atoms with van der Waals surface area (Å²) in [7, 11) is 0. The van der Waals surface area contributed by atoms with E-state index in [1.54, 1.807) is 11.1 Å². The van der Waals surface area contributed by atoms with Gasteiger partial charge in [0.1, 0.15) is 0 Å². The van der Waals surface area contributed by atoms with Crippen LogP contribution in [0.5, 0.6) is 0 Å². The highest BCUT2D eigenvalue weighted by Crippen LogP contribution is 2.37. The van der Waals surface area contributed by atoms with Gasteiger partial charge in [0.25, 0.3) is 0 Å². The Kier molecular flexibility index (Phi) is 14.6. The van der Waals surface area contributed by atoms with E-state index in [0.717, 1.165) is 44.3 Å². The summed E-state index contributed by atoms with van der Waals surface area (Å²) in [6, 6.07) is 6.54. The van der Waals surface area contributed by atoms with Crippen LogP contribution in [0.25, 0.3) is 0 Å². The van der Waals surface area contributed by atoms with Crippen molar-refractivity contribution in [2.75, 3.05) is 0 Å². The van der Waals surface area contributed by atoms with E-state index in [1.807, 2.05) is 0 Å². The molecule has 0 spiro atoms. The fourth-order valence-corrected chi connectivity index (χ4v) is 5.70. The maximum atomic E-state index is 11.9. The summed E-state index contributed by atoms with van der Waals surface area (Å²) in [6.45, 7) is 13.8. The van der Waals surface area contributed by atoms with Crippen LogP contribution in [0.15, 0.2) is 18.2 Å². The van der Waals surface area contributed by atoms with Crippen molar-refractivity contribution in [1.82, 2.24) is 20.2 Å². The zero-order valence-corrected chi connectivity index (χ0v) is 25.2. The van der Waals surface area contributed by atoms with E-state index in [9.17, 15) is 4.79 Å². The van der Waals surface area contributed by atoms with Crippen molar-refractivity contribution in [2.45, 2.75) is 155 Å². The van der Waals surface area contributed by atoms with Crippen molar-refractivity contribution in [2.24, 2.45) is 5.73 Å². The molecule has 2 aromatic rings. The number of carbonyl (C=O) groups excluding carboxylic acids is 1. The lowest BCUT2D eigenvalue weighted by Crippen LogP contribution is -2.28. The number of nitrogens with two attached hydrogens (primary N) is 1. The van der Waals surface area contributed by atoms with Crippen LogP contribution in [0.4, 0.5) is 0 Å². The SMILES string of the molecule is CCCCCCC(CCCCCc1nnn(C(CCCCC)C(N)=O)n1)c1cccc(C(C)C)c1C(C)C. The van der Waals surface area contributed by atoms with Crippen LogP contribution in [-0.4, -0.2) is 26.1 Å². The maximum Gasteiger partial charge on any atom is 0.244 e. The summed E-state index contributed by atoms with van der Waals surface area (Å²) >= 11 is 0. The third-order valence-corrected chi connectivity index (χ3v) is 7.83. The third-order valence-electron chi connectivity index (χ3n) is 7.83. The number of hydrogen-bond donors (Lipinski definition) is 1. The summed E-state index contributed by atoms with van der Waals surface area (Å²) in [5, 5.41) is 12.9. The van der Waals surface area contributed by atoms with Crippen LogP contribution < -0.4 is 5.73 Å². The van der Waals surface area contributed by atoms with Crippen LogP contribution in [0.1, 0.15) is 171 Å². The average Bonchev–Trinajstić information content (AvgIpc) is 3.35. The minimum atomic E-state index is -0.493. The lowest BCUT2D eigenvalue weighted by atomic mass is 9.79. The second-order valence-electron chi connectivity index (χ2n) is 11.7. The van der Waals surface area contributed by atoms with Gasteiger partial charge in [0.15, 0.2) is 11.9 Å². The van der Waals surface area contributed by atoms with Crippen molar-refractivity contribution in [3.63, 3.8) is 0 Å². The number of hydrogen-bond acceptors (Lipinski definition) is 4. The first-order valence-electron chi connectivity index (χ1n) is 15.5. The quantitative estimate of drug-likeness (QED) is 0.176. The molecule has 6 heteroatoms. The Morgan fingerprint density at radius 1 is 0.816 bits per heavy atom. The van der Waals surface area contributed by atoms with Gasteiger partial charge >= 0.3 is 0 Å². The highest BCUT2D eigenvalue weighted by Gasteiger charge is 2.22.